The van der Waals surface area contributed by atoms with Gasteiger partial charge in [0.25, 0.3) is 0 Å². The van der Waals surface area contributed by atoms with Crippen molar-refractivity contribution >= 4 is 17.3 Å². The minimum Gasteiger partial charge on any atom is -0.381 e. The highest BCUT2D eigenvalue weighted by Crippen LogP contribution is 2.25. The van der Waals surface area contributed by atoms with Gasteiger partial charge in [0.15, 0.2) is 0 Å². The number of hydrogen-bond donors (Lipinski definition) is 1. The average molecular weight is 286 g/mol. The van der Waals surface area contributed by atoms with Crippen molar-refractivity contribution in [1.82, 2.24) is 0 Å². The summed E-state index contributed by atoms with van der Waals surface area (Å²) in [6.45, 7) is 6.11. The van der Waals surface area contributed by atoms with E-state index in [0.29, 0.717) is 12.0 Å². The van der Waals surface area contributed by atoms with Gasteiger partial charge >= 0.3 is 0 Å². The molecule has 1 nitrogen and oxygen atoms in total. The zero-order chi connectivity index (χ0) is 14.4. The Labute approximate surface area is 126 Å². The molecule has 0 heterocycles. The van der Waals surface area contributed by atoms with Gasteiger partial charge in [0.05, 0.1) is 0 Å². The summed E-state index contributed by atoms with van der Waals surface area (Å²) in [5, 5.41) is 4.33. The topological polar surface area (TPSA) is 12.0 Å². The number of nitrogens with one attached hydrogen (secondary N) is 1. The van der Waals surface area contributed by atoms with E-state index in [0.717, 1.165) is 17.1 Å². The normalized spacial score (nSPS) is 13.5. The van der Waals surface area contributed by atoms with Crippen molar-refractivity contribution in [3.8, 4) is 0 Å². The molecule has 0 saturated heterocycles. The van der Waals surface area contributed by atoms with Crippen molar-refractivity contribution in [3.63, 3.8) is 0 Å². The molecular weight excluding hydrogens is 266 g/mol. The second-order valence-corrected chi connectivity index (χ2v) is 5.42. The Hall–Kier alpha value is -1.73. The van der Waals surface area contributed by atoms with E-state index in [4.69, 9.17) is 11.6 Å². The Bertz CT molecular complexity index is 533. The number of halogens is 1. The van der Waals surface area contributed by atoms with Gasteiger partial charge in [-0.2, -0.15) is 0 Å². The maximum Gasteiger partial charge on any atom is 0.0407 e. The molecule has 0 fully saturated rings. The fourth-order valence-electron chi connectivity index (χ4n) is 2.32. The summed E-state index contributed by atoms with van der Waals surface area (Å²) >= 11 is 5.92. The van der Waals surface area contributed by atoms with Crippen LogP contribution < -0.4 is 5.32 Å². The molecule has 0 aliphatic carbocycles. The van der Waals surface area contributed by atoms with Crippen LogP contribution in [0.3, 0.4) is 0 Å². The molecule has 2 unspecified atom stereocenters. The van der Waals surface area contributed by atoms with E-state index >= 15 is 0 Å². The first kappa shape index (κ1) is 14.7. The van der Waals surface area contributed by atoms with Crippen molar-refractivity contribution in [2.75, 3.05) is 5.32 Å². The Morgan fingerprint density at radius 1 is 1.10 bits per heavy atom. The molecule has 0 spiro atoms. The lowest BCUT2D eigenvalue weighted by atomic mass is 9.91. The lowest BCUT2D eigenvalue weighted by molar-refractivity contribution is 0.610. The Morgan fingerprint density at radius 2 is 1.75 bits per heavy atom. The van der Waals surface area contributed by atoms with Gasteiger partial charge in [-0.15, -0.1) is 6.58 Å². The van der Waals surface area contributed by atoms with Gasteiger partial charge in [0.2, 0.25) is 0 Å². The maximum atomic E-state index is 5.92. The molecule has 0 aliphatic heterocycles. The molecule has 0 radical (unpaired) electrons. The molecule has 2 aromatic rings. The average Bonchev–Trinajstić information content (AvgIpc) is 2.49. The first-order valence-electron chi connectivity index (χ1n) is 6.88. The molecule has 20 heavy (non-hydrogen) atoms. The molecule has 2 heteroatoms. The fraction of sp³-hybridized carbons (Fsp3) is 0.222. The van der Waals surface area contributed by atoms with E-state index < -0.39 is 0 Å². The van der Waals surface area contributed by atoms with Crippen LogP contribution >= 0.6 is 11.6 Å². The smallest absolute Gasteiger partial charge is 0.0407 e. The Kier molecular flexibility index (Phi) is 5.25. The summed E-state index contributed by atoms with van der Waals surface area (Å²) < 4.78 is 0. The third-order valence-corrected chi connectivity index (χ3v) is 3.80. The quantitative estimate of drug-likeness (QED) is 0.691. The fourth-order valence-corrected chi connectivity index (χ4v) is 2.44. The third kappa shape index (κ3) is 3.88. The van der Waals surface area contributed by atoms with E-state index in [1.165, 1.54) is 5.56 Å². The summed E-state index contributed by atoms with van der Waals surface area (Å²) in [7, 11) is 0. The van der Waals surface area contributed by atoms with Crippen LogP contribution in [0.2, 0.25) is 5.02 Å². The first-order valence-corrected chi connectivity index (χ1v) is 7.26. The van der Waals surface area contributed by atoms with Crippen LogP contribution in [-0.4, -0.2) is 6.04 Å². The zero-order valence-electron chi connectivity index (χ0n) is 11.7. The highest BCUT2D eigenvalue weighted by Gasteiger charge is 2.17. The predicted octanol–water partition coefficient (Wildman–Crippen LogP) is 5.50. The number of hydrogen-bond acceptors (Lipinski definition) is 1. The Morgan fingerprint density at radius 3 is 2.35 bits per heavy atom. The van der Waals surface area contributed by atoms with Gasteiger partial charge in [0.1, 0.15) is 0 Å². The van der Waals surface area contributed by atoms with Crippen LogP contribution in [0.5, 0.6) is 0 Å². The third-order valence-electron chi connectivity index (χ3n) is 3.55. The summed E-state index contributed by atoms with van der Waals surface area (Å²) in [6, 6.07) is 18.7. The van der Waals surface area contributed by atoms with Crippen molar-refractivity contribution in [2.24, 2.45) is 0 Å². The molecule has 0 bridgehead atoms. The summed E-state index contributed by atoms with van der Waals surface area (Å²) in [6.07, 6.45) is 2.88. The molecule has 0 aromatic heterocycles. The number of anilines is 1. The Balaban J connectivity index is 2.14. The van der Waals surface area contributed by atoms with Crippen LogP contribution in [0.1, 0.15) is 24.8 Å². The van der Waals surface area contributed by atoms with Crippen LogP contribution in [0.15, 0.2) is 67.3 Å². The zero-order valence-corrected chi connectivity index (χ0v) is 12.5. The minimum atomic E-state index is 0.316. The largest absolute Gasteiger partial charge is 0.381 e. The van der Waals surface area contributed by atoms with Crippen LogP contribution in [0.4, 0.5) is 5.69 Å². The van der Waals surface area contributed by atoms with Crippen molar-refractivity contribution in [3.05, 3.63) is 77.8 Å². The minimum absolute atomic E-state index is 0.316. The monoisotopic (exact) mass is 285 g/mol. The summed E-state index contributed by atoms with van der Waals surface area (Å²) in [5.74, 6) is 0.407. The first-order chi connectivity index (χ1) is 9.70. The lowest BCUT2D eigenvalue weighted by Crippen LogP contribution is -2.25. The molecule has 0 aliphatic rings. The second kappa shape index (κ2) is 7.16. The van der Waals surface area contributed by atoms with Crippen LogP contribution in [0.25, 0.3) is 0 Å². The highest BCUT2D eigenvalue weighted by atomic mass is 35.5. The van der Waals surface area contributed by atoms with Crippen molar-refractivity contribution in [2.45, 2.75) is 25.3 Å². The van der Waals surface area contributed by atoms with Gasteiger partial charge in [-0.3, -0.25) is 0 Å². The molecule has 2 rings (SSSR count). The summed E-state index contributed by atoms with van der Waals surface area (Å²) in [4.78, 5) is 0. The number of benzene rings is 2. The lowest BCUT2D eigenvalue weighted by Gasteiger charge is -2.25. The van der Waals surface area contributed by atoms with E-state index in [1.807, 2.05) is 36.4 Å². The SMILES string of the molecule is C=CCC(Nc1ccc(Cl)cc1)C(C)c1ccccc1. The second-order valence-electron chi connectivity index (χ2n) is 4.98. The predicted molar refractivity (Wildman–Crippen MR) is 88.5 cm³/mol. The van der Waals surface area contributed by atoms with Crippen molar-refractivity contribution in [1.29, 1.82) is 0 Å². The van der Waals surface area contributed by atoms with Crippen LogP contribution in [0, 0.1) is 0 Å². The molecule has 104 valence electrons. The molecule has 0 saturated carbocycles. The van der Waals surface area contributed by atoms with E-state index in [2.05, 4.69) is 43.1 Å². The van der Waals surface area contributed by atoms with Crippen LogP contribution in [-0.2, 0) is 0 Å². The van der Waals surface area contributed by atoms with E-state index in [-0.39, 0.29) is 0 Å². The molecular formula is C18H20ClN. The van der Waals surface area contributed by atoms with E-state index in [1.54, 1.807) is 0 Å². The van der Waals surface area contributed by atoms with Gasteiger partial charge < -0.3 is 5.32 Å². The van der Waals surface area contributed by atoms with E-state index in [9.17, 15) is 0 Å². The maximum absolute atomic E-state index is 5.92. The van der Waals surface area contributed by atoms with Gasteiger partial charge in [-0.05, 0) is 36.2 Å². The van der Waals surface area contributed by atoms with Crippen molar-refractivity contribution < 1.29 is 0 Å². The van der Waals surface area contributed by atoms with Gasteiger partial charge in [0, 0.05) is 22.7 Å². The molecule has 1 N–H and O–H groups in total. The highest BCUT2D eigenvalue weighted by molar-refractivity contribution is 6.30. The number of rotatable bonds is 6. The molecule has 0 amide bonds. The van der Waals surface area contributed by atoms with Gasteiger partial charge in [-0.1, -0.05) is 54.9 Å². The summed E-state index contributed by atoms with van der Waals surface area (Å²) in [5.41, 5.74) is 2.42. The van der Waals surface area contributed by atoms with Gasteiger partial charge in [-0.25, -0.2) is 0 Å². The molecule has 2 aromatic carbocycles. The molecule has 2 atom stereocenters. The standard InChI is InChI=1S/C18H20ClN/c1-3-7-18(14(2)15-8-5-4-6-9-15)20-17-12-10-16(19)11-13-17/h3-6,8-14,18,20H,1,7H2,2H3.